The zero-order valence-corrected chi connectivity index (χ0v) is 15.7. The highest BCUT2D eigenvalue weighted by atomic mass is 32.1. The molecule has 1 amide bonds. The van der Waals surface area contributed by atoms with Crippen molar-refractivity contribution < 1.29 is 4.79 Å². The van der Waals surface area contributed by atoms with E-state index in [-0.39, 0.29) is 11.9 Å². The van der Waals surface area contributed by atoms with Crippen LogP contribution in [0.25, 0.3) is 11.3 Å². The maximum atomic E-state index is 12.7. The van der Waals surface area contributed by atoms with Gasteiger partial charge >= 0.3 is 0 Å². The van der Waals surface area contributed by atoms with E-state index < -0.39 is 6.04 Å². The molecular weight excluding hydrogens is 332 g/mol. The SMILES string of the molecule is CC(C)C[C@@H]1c2nc(-c3ccccc3)cn2CCN1C(=O)[C@@H](N)CS. The Kier molecular flexibility index (Phi) is 5.49. The number of carbonyl (C=O) groups excluding carboxylic acids is 1. The highest BCUT2D eigenvalue weighted by Crippen LogP contribution is 2.33. The van der Waals surface area contributed by atoms with Gasteiger partial charge in [0, 0.05) is 30.6 Å². The Balaban J connectivity index is 1.96. The predicted octanol–water partition coefficient (Wildman–Crippen LogP) is 2.74. The molecule has 0 spiro atoms. The maximum Gasteiger partial charge on any atom is 0.241 e. The van der Waals surface area contributed by atoms with Crippen LogP contribution >= 0.6 is 12.6 Å². The number of hydrogen-bond donors (Lipinski definition) is 2. The zero-order chi connectivity index (χ0) is 18.0. The summed E-state index contributed by atoms with van der Waals surface area (Å²) in [5.74, 6) is 1.73. The smallest absolute Gasteiger partial charge is 0.241 e. The molecule has 0 fully saturated rings. The third kappa shape index (κ3) is 3.75. The molecule has 0 bridgehead atoms. The second kappa shape index (κ2) is 7.62. The molecule has 1 aromatic heterocycles. The van der Waals surface area contributed by atoms with Gasteiger partial charge in [0.1, 0.15) is 5.82 Å². The van der Waals surface area contributed by atoms with E-state index in [0.29, 0.717) is 18.2 Å². The van der Waals surface area contributed by atoms with Crippen LogP contribution in [-0.2, 0) is 11.3 Å². The molecular formula is C19H26N4OS. The molecule has 0 saturated carbocycles. The van der Waals surface area contributed by atoms with Crippen LogP contribution < -0.4 is 5.73 Å². The van der Waals surface area contributed by atoms with Gasteiger partial charge in [0.25, 0.3) is 0 Å². The first-order valence-corrected chi connectivity index (χ1v) is 9.44. The highest BCUT2D eigenvalue weighted by molar-refractivity contribution is 7.80. The number of nitrogens with zero attached hydrogens (tertiary/aromatic N) is 3. The van der Waals surface area contributed by atoms with Crippen LogP contribution in [0, 0.1) is 5.92 Å². The van der Waals surface area contributed by atoms with Crippen molar-refractivity contribution in [2.75, 3.05) is 12.3 Å². The number of imidazole rings is 1. The predicted molar refractivity (Wildman–Crippen MR) is 103 cm³/mol. The van der Waals surface area contributed by atoms with Crippen LogP contribution in [0.4, 0.5) is 0 Å². The molecule has 2 atom stereocenters. The summed E-state index contributed by atoms with van der Waals surface area (Å²) >= 11 is 4.19. The molecule has 1 aromatic carbocycles. The van der Waals surface area contributed by atoms with Gasteiger partial charge in [0.05, 0.1) is 17.8 Å². The van der Waals surface area contributed by atoms with E-state index in [1.807, 2.05) is 23.1 Å². The Labute approximate surface area is 154 Å². The van der Waals surface area contributed by atoms with E-state index in [0.717, 1.165) is 30.0 Å². The summed E-state index contributed by atoms with van der Waals surface area (Å²) in [4.78, 5) is 19.5. The Bertz CT molecular complexity index is 728. The summed E-state index contributed by atoms with van der Waals surface area (Å²) in [7, 11) is 0. The van der Waals surface area contributed by atoms with Gasteiger partial charge in [0.15, 0.2) is 0 Å². The molecule has 0 unspecified atom stereocenters. The Morgan fingerprint density at radius 3 is 2.68 bits per heavy atom. The standard InChI is InChI=1S/C19H26N4OS/c1-13(2)10-17-18-21-16(14-6-4-3-5-7-14)11-22(18)8-9-23(17)19(24)15(20)12-25/h3-7,11,13,15,17,25H,8-10,12,20H2,1-2H3/t15-,17+/m0/s1. The molecule has 2 N–H and O–H groups in total. The Hall–Kier alpha value is -1.79. The first kappa shape index (κ1) is 18.0. The molecule has 0 aliphatic carbocycles. The topological polar surface area (TPSA) is 64.2 Å². The van der Waals surface area contributed by atoms with Crippen molar-refractivity contribution in [3.8, 4) is 11.3 Å². The lowest BCUT2D eigenvalue weighted by atomic mass is 9.99. The monoisotopic (exact) mass is 358 g/mol. The van der Waals surface area contributed by atoms with Crippen molar-refractivity contribution >= 4 is 18.5 Å². The number of hydrogen-bond acceptors (Lipinski definition) is 4. The average Bonchev–Trinajstić information content (AvgIpc) is 3.06. The summed E-state index contributed by atoms with van der Waals surface area (Å²) in [6.45, 7) is 5.74. The number of benzene rings is 1. The van der Waals surface area contributed by atoms with Crippen molar-refractivity contribution in [3.63, 3.8) is 0 Å². The van der Waals surface area contributed by atoms with Gasteiger partial charge in [0.2, 0.25) is 5.91 Å². The minimum Gasteiger partial charge on any atom is -0.331 e. The Morgan fingerprint density at radius 1 is 1.32 bits per heavy atom. The van der Waals surface area contributed by atoms with Gasteiger partial charge in [-0.15, -0.1) is 0 Å². The first-order chi connectivity index (χ1) is 12.0. The molecule has 0 saturated heterocycles. The molecule has 25 heavy (non-hydrogen) atoms. The van der Waals surface area contributed by atoms with Crippen LogP contribution in [0.2, 0.25) is 0 Å². The van der Waals surface area contributed by atoms with Gasteiger partial charge in [-0.25, -0.2) is 4.98 Å². The number of amides is 1. The molecule has 1 aliphatic heterocycles. The van der Waals surface area contributed by atoms with Crippen molar-refractivity contribution in [1.82, 2.24) is 14.5 Å². The number of rotatable bonds is 5. The fraction of sp³-hybridized carbons (Fsp3) is 0.474. The number of thiol groups is 1. The molecule has 134 valence electrons. The first-order valence-electron chi connectivity index (χ1n) is 8.80. The van der Waals surface area contributed by atoms with Gasteiger partial charge in [-0.1, -0.05) is 44.2 Å². The van der Waals surface area contributed by atoms with E-state index in [2.05, 4.69) is 49.4 Å². The zero-order valence-electron chi connectivity index (χ0n) is 14.8. The number of fused-ring (bicyclic) bond motifs is 1. The van der Waals surface area contributed by atoms with Crippen molar-refractivity contribution in [3.05, 3.63) is 42.4 Å². The second-order valence-corrected chi connectivity index (χ2v) is 7.37. The lowest BCUT2D eigenvalue weighted by Gasteiger charge is -2.38. The summed E-state index contributed by atoms with van der Waals surface area (Å²) in [5.41, 5.74) is 8.01. The number of nitrogens with two attached hydrogens (primary N) is 1. The third-order valence-electron chi connectivity index (χ3n) is 4.62. The fourth-order valence-corrected chi connectivity index (χ4v) is 3.52. The number of carbonyl (C=O) groups is 1. The summed E-state index contributed by atoms with van der Waals surface area (Å²) in [5, 5.41) is 0. The van der Waals surface area contributed by atoms with Crippen LogP contribution in [0.1, 0.15) is 32.1 Å². The van der Waals surface area contributed by atoms with Crippen LogP contribution in [-0.4, -0.2) is 38.7 Å². The molecule has 3 rings (SSSR count). The molecule has 6 heteroatoms. The van der Waals surface area contributed by atoms with Gasteiger partial charge in [-0.05, 0) is 12.3 Å². The second-order valence-electron chi connectivity index (χ2n) is 7.01. The molecule has 5 nitrogen and oxygen atoms in total. The van der Waals surface area contributed by atoms with E-state index in [4.69, 9.17) is 10.7 Å². The van der Waals surface area contributed by atoms with E-state index >= 15 is 0 Å². The van der Waals surface area contributed by atoms with Crippen molar-refractivity contribution in [2.24, 2.45) is 11.7 Å². The van der Waals surface area contributed by atoms with Crippen LogP contribution in [0.3, 0.4) is 0 Å². The maximum absolute atomic E-state index is 12.7. The van der Waals surface area contributed by atoms with E-state index in [9.17, 15) is 4.79 Å². The van der Waals surface area contributed by atoms with Gasteiger partial charge < -0.3 is 15.2 Å². The normalized spacial score (nSPS) is 18.3. The Morgan fingerprint density at radius 2 is 2.04 bits per heavy atom. The summed E-state index contributed by atoms with van der Waals surface area (Å²) in [6.07, 6.45) is 2.97. The molecule has 1 aliphatic rings. The highest BCUT2D eigenvalue weighted by Gasteiger charge is 2.35. The fourth-order valence-electron chi connectivity index (χ4n) is 3.37. The number of aromatic nitrogens is 2. The van der Waals surface area contributed by atoms with Crippen LogP contribution in [0.15, 0.2) is 36.5 Å². The third-order valence-corrected chi connectivity index (χ3v) is 5.02. The van der Waals surface area contributed by atoms with Crippen LogP contribution in [0.5, 0.6) is 0 Å². The molecule has 0 radical (unpaired) electrons. The van der Waals surface area contributed by atoms with Gasteiger partial charge in [-0.2, -0.15) is 12.6 Å². The van der Waals surface area contributed by atoms with E-state index in [1.165, 1.54) is 0 Å². The summed E-state index contributed by atoms with van der Waals surface area (Å²) in [6, 6.07) is 9.55. The lowest BCUT2D eigenvalue weighted by molar-refractivity contribution is -0.136. The largest absolute Gasteiger partial charge is 0.331 e. The minimum absolute atomic E-state index is 0.0313. The van der Waals surface area contributed by atoms with Gasteiger partial charge in [-0.3, -0.25) is 4.79 Å². The van der Waals surface area contributed by atoms with E-state index in [1.54, 1.807) is 0 Å². The lowest BCUT2D eigenvalue weighted by Crippen LogP contribution is -2.50. The van der Waals surface area contributed by atoms with Crippen molar-refractivity contribution in [1.29, 1.82) is 0 Å². The molecule has 2 aromatic rings. The minimum atomic E-state index is -0.562. The summed E-state index contributed by atoms with van der Waals surface area (Å²) < 4.78 is 2.19. The quantitative estimate of drug-likeness (QED) is 0.808. The average molecular weight is 359 g/mol. The molecule has 2 heterocycles. The van der Waals surface area contributed by atoms with Crippen molar-refractivity contribution in [2.45, 2.75) is 38.9 Å².